The SMILES string of the molecule is NCC(F)(F)COc1ccc(O)cc1. The Morgan fingerprint density at radius 3 is 2.36 bits per heavy atom. The fraction of sp³-hybridized carbons (Fsp3) is 0.333. The summed E-state index contributed by atoms with van der Waals surface area (Å²) in [6.07, 6.45) is 0. The van der Waals surface area contributed by atoms with Gasteiger partial charge in [-0.1, -0.05) is 0 Å². The molecule has 0 heterocycles. The van der Waals surface area contributed by atoms with Crippen LogP contribution < -0.4 is 10.5 Å². The minimum atomic E-state index is -3.02. The molecular weight excluding hydrogens is 192 g/mol. The Morgan fingerprint density at radius 1 is 1.29 bits per heavy atom. The minimum absolute atomic E-state index is 0.0583. The number of phenolic OH excluding ortho intramolecular Hbond substituents is 1. The lowest BCUT2D eigenvalue weighted by Crippen LogP contribution is -2.34. The van der Waals surface area contributed by atoms with Gasteiger partial charge in [-0.05, 0) is 24.3 Å². The second-order valence-corrected chi connectivity index (χ2v) is 2.84. The van der Waals surface area contributed by atoms with E-state index in [-0.39, 0.29) is 11.5 Å². The molecule has 0 aliphatic heterocycles. The van der Waals surface area contributed by atoms with Gasteiger partial charge in [0.1, 0.15) is 11.5 Å². The third-order valence-corrected chi connectivity index (χ3v) is 1.59. The zero-order valence-electron chi connectivity index (χ0n) is 7.41. The van der Waals surface area contributed by atoms with Gasteiger partial charge >= 0.3 is 0 Å². The van der Waals surface area contributed by atoms with Crippen LogP contribution in [0.3, 0.4) is 0 Å². The van der Waals surface area contributed by atoms with E-state index < -0.39 is 19.1 Å². The molecule has 0 saturated heterocycles. The lowest BCUT2D eigenvalue weighted by molar-refractivity contribution is -0.0319. The smallest absolute Gasteiger partial charge is 0.293 e. The van der Waals surface area contributed by atoms with Crippen LogP contribution in [0, 0.1) is 0 Å². The number of ether oxygens (including phenoxy) is 1. The summed E-state index contributed by atoms with van der Waals surface area (Å²) >= 11 is 0. The van der Waals surface area contributed by atoms with Gasteiger partial charge in [-0.3, -0.25) is 0 Å². The van der Waals surface area contributed by atoms with E-state index in [9.17, 15) is 8.78 Å². The van der Waals surface area contributed by atoms with E-state index in [1.165, 1.54) is 24.3 Å². The topological polar surface area (TPSA) is 55.5 Å². The third-order valence-electron chi connectivity index (χ3n) is 1.59. The molecule has 1 aromatic carbocycles. The molecule has 0 atom stereocenters. The number of rotatable bonds is 4. The van der Waals surface area contributed by atoms with Crippen LogP contribution >= 0.6 is 0 Å². The van der Waals surface area contributed by atoms with E-state index >= 15 is 0 Å². The summed E-state index contributed by atoms with van der Waals surface area (Å²) in [6, 6.07) is 5.52. The van der Waals surface area contributed by atoms with Gasteiger partial charge in [0, 0.05) is 0 Å². The van der Waals surface area contributed by atoms with Gasteiger partial charge in [-0.25, -0.2) is 8.78 Å². The molecule has 0 saturated carbocycles. The highest BCUT2D eigenvalue weighted by atomic mass is 19.3. The molecule has 0 aliphatic rings. The van der Waals surface area contributed by atoms with Crippen molar-refractivity contribution in [1.82, 2.24) is 0 Å². The van der Waals surface area contributed by atoms with Gasteiger partial charge in [0.25, 0.3) is 5.92 Å². The molecule has 1 rings (SSSR count). The molecule has 1 aromatic rings. The predicted octanol–water partition coefficient (Wildman–Crippen LogP) is 1.36. The van der Waals surface area contributed by atoms with Crippen molar-refractivity contribution in [3.63, 3.8) is 0 Å². The van der Waals surface area contributed by atoms with Crippen LogP contribution in [0.2, 0.25) is 0 Å². The lowest BCUT2D eigenvalue weighted by Gasteiger charge is -2.14. The Morgan fingerprint density at radius 2 is 1.86 bits per heavy atom. The van der Waals surface area contributed by atoms with Crippen LogP contribution in [-0.2, 0) is 0 Å². The van der Waals surface area contributed by atoms with Gasteiger partial charge in [0.2, 0.25) is 0 Å². The normalized spacial score (nSPS) is 11.4. The minimum Gasteiger partial charge on any atom is -0.508 e. The molecule has 3 nitrogen and oxygen atoms in total. The number of phenols is 1. The van der Waals surface area contributed by atoms with Crippen molar-refractivity contribution in [2.45, 2.75) is 5.92 Å². The standard InChI is InChI=1S/C9H11F2NO2/c10-9(11,5-12)6-14-8-3-1-7(13)2-4-8/h1-4,13H,5-6,12H2. The zero-order valence-corrected chi connectivity index (χ0v) is 7.41. The molecule has 0 spiro atoms. The maximum Gasteiger partial charge on any atom is 0.293 e. The molecule has 0 aliphatic carbocycles. The van der Waals surface area contributed by atoms with Gasteiger partial charge in [-0.15, -0.1) is 0 Å². The molecule has 0 radical (unpaired) electrons. The maximum atomic E-state index is 12.6. The molecule has 0 bridgehead atoms. The monoisotopic (exact) mass is 203 g/mol. The van der Waals surface area contributed by atoms with Gasteiger partial charge < -0.3 is 15.6 Å². The Bertz CT molecular complexity index is 287. The van der Waals surface area contributed by atoms with Crippen LogP contribution in [0.15, 0.2) is 24.3 Å². The first kappa shape index (κ1) is 10.7. The molecule has 5 heteroatoms. The molecule has 0 aromatic heterocycles. The van der Waals surface area contributed by atoms with Gasteiger partial charge in [-0.2, -0.15) is 0 Å². The fourth-order valence-corrected chi connectivity index (χ4v) is 0.790. The van der Waals surface area contributed by atoms with Gasteiger partial charge in [0.15, 0.2) is 6.61 Å². The summed E-state index contributed by atoms with van der Waals surface area (Å²) < 4.78 is 30.0. The van der Waals surface area contributed by atoms with Crippen molar-refractivity contribution in [1.29, 1.82) is 0 Å². The second kappa shape index (κ2) is 4.23. The van der Waals surface area contributed by atoms with Crippen LogP contribution in [0.4, 0.5) is 8.78 Å². The van der Waals surface area contributed by atoms with Crippen molar-refractivity contribution in [2.75, 3.05) is 13.2 Å². The third kappa shape index (κ3) is 3.18. The summed E-state index contributed by atoms with van der Waals surface area (Å²) in [4.78, 5) is 0. The highest BCUT2D eigenvalue weighted by Crippen LogP contribution is 2.18. The van der Waals surface area contributed by atoms with Crippen molar-refractivity contribution >= 4 is 0 Å². The van der Waals surface area contributed by atoms with Crippen LogP contribution in [0.1, 0.15) is 0 Å². The maximum absolute atomic E-state index is 12.6. The quantitative estimate of drug-likeness (QED) is 0.776. The zero-order chi connectivity index (χ0) is 10.6. The summed E-state index contributed by atoms with van der Waals surface area (Å²) in [6.45, 7) is -1.50. The number of hydrogen-bond acceptors (Lipinski definition) is 3. The Labute approximate surface area is 80.1 Å². The number of aromatic hydroxyl groups is 1. The average Bonchev–Trinajstić information content (AvgIpc) is 2.17. The number of halogens is 2. The van der Waals surface area contributed by atoms with E-state index in [1.807, 2.05) is 0 Å². The second-order valence-electron chi connectivity index (χ2n) is 2.84. The van der Waals surface area contributed by atoms with Gasteiger partial charge in [0.05, 0.1) is 6.54 Å². The fourth-order valence-electron chi connectivity index (χ4n) is 0.790. The Balaban J connectivity index is 2.50. The number of benzene rings is 1. The summed E-state index contributed by atoms with van der Waals surface area (Å²) in [5, 5.41) is 8.91. The van der Waals surface area contributed by atoms with E-state index in [2.05, 4.69) is 0 Å². The first-order valence-electron chi connectivity index (χ1n) is 4.03. The van der Waals surface area contributed by atoms with Crippen molar-refractivity contribution in [3.8, 4) is 11.5 Å². The molecule has 0 unspecified atom stereocenters. The number of nitrogens with two attached hydrogens (primary N) is 1. The van der Waals surface area contributed by atoms with Crippen molar-refractivity contribution in [3.05, 3.63) is 24.3 Å². The molecule has 0 amide bonds. The van der Waals surface area contributed by atoms with E-state index in [1.54, 1.807) is 0 Å². The molecule has 14 heavy (non-hydrogen) atoms. The van der Waals surface area contributed by atoms with Crippen molar-refractivity contribution in [2.24, 2.45) is 5.73 Å². The lowest BCUT2D eigenvalue weighted by atomic mass is 10.3. The highest BCUT2D eigenvalue weighted by molar-refractivity contribution is 5.30. The summed E-state index contributed by atoms with van der Waals surface area (Å²) in [5.41, 5.74) is 4.82. The number of hydrogen-bond donors (Lipinski definition) is 2. The largest absolute Gasteiger partial charge is 0.508 e. The van der Waals surface area contributed by atoms with Crippen molar-refractivity contribution < 1.29 is 18.6 Å². The van der Waals surface area contributed by atoms with Crippen LogP contribution in [0.25, 0.3) is 0 Å². The van der Waals surface area contributed by atoms with Crippen LogP contribution in [-0.4, -0.2) is 24.2 Å². The Hall–Kier alpha value is -1.36. The Kier molecular flexibility index (Phi) is 3.24. The highest BCUT2D eigenvalue weighted by Gasteiger charge is 2.27. The molecule has 0 fully saturated rings. The summed E-state index contributed by atoms with van der Waals surface area (Å²) in [7, 11) is 0. The van der Waals surface area contributed by atoms with Crippen LogP contribution in [0.5, 0.6) is 11.5 Å². The first-order chi connectivity index (χ1) is 6.53. The molecule has 78 valence electrons. The first-order valence-corrected chi connectivity index (χ1v) is 4.03. The van der Waals surface area contributed by atoms with E-state index in [0.717, 1.165) is 0 Å². The predicted molar refractivity (Wildman–Crippen MR) is 47.6 cm³/mol. The summed E-state index contributed by atoms with van der Waals surface area (Å²) in [5.74, 6) is -2.68. The molecule has 3 N–H and O–H groups in total. The van der Waals surface area contributed by atoms with E-state index in [0.29, 0.717) is 0 Å². The van der Waals surface area contributed by atoms with E-state index in [4.69, 9.17) is 15.6 Å². The molecular formula is C9H11F2NO2. The number of alkyl halides is 2. The average molecular weight is 203 g/mol.